The van der Waals surface area contributed by atoms with Crippen molar-refractivity contribution in [2.24, 2.45) is 5.92 Å². The van der Waals surface area contributed by atoms with E-state index in [2.05, 4.69) is 0 Å². The Morgan fingerprint density at radius 3 is 2.63 bits per heavy atom. The van der Waals surface area contributed by atoms with Crippen LogP contribution >= 0.6 is 11.3 Å². The van der Waals surface area contributed by atoms with Gasteiger partial charge in [0.2, 0.25) is 0 Å². The molecule has 1 aromatic heterocycles. The van der Waals surface area contributed by atoms with Crippen molar-refractivity contribution in [3.63, 3.8) is 0 Å². The normalized spacial score (nSPS) is 17.8. The standard InChI is InChI=1S/C16H16F2S/c17-16(18,10-9-12-5-1-2-6-12)15-11-13-7-3-4-8-14(13)19-15/h3-4,7-12H,1-2,5-6H2/b10-9+. The quantitative estimate of drug-likeness (QED) is 0.628. The summed E-state index contributed by atoms with van der Waals surface area (Å²) >= 11 is 1.19. The second-order valence-corrected chi connectivity index (χ2v) is 6.26. The van der Waals surface area contributed by atoms with E-state index in [1.165, 1.54) is 24.2 Å². The Hall–Kier alpha value is -1.22. The van der Waals surface area contributed by atoms with Gasteiger partial charge in [0.15, 0.2) is 0 Å². The fraction of sp³-hybridized carbons (Fsp3) is 0.375. The molecule has 1 fully saturated rings. The molecule has 1 aromatic carbocycles. The van der Waals surface area contributed by atoms with Crippen LogP contribution in [0.3, 0.4) is 0 Å². The number of alkyl halides is 2. The van der Waals surface area contributed by atoms with Gasteiger partial charge in [-0.1, -0.05) is 37.1 Å². The predicted octanol–water partition coefficient (Wildman–Crippen LogP) is 5.74. The third-order valence-corrected chi connectivity index (χ3v) is 4.93. The molecular weight excluding hydrogens is 262 g/mol. The fourth-order valence-electron chi connectivity index (χ4n) is 2.64. The van der Waals surface area contributed by atoms with Gasteiger partial charge in [0, 0.05) is 4.70 Å². The van der Waals surface area contributed by atoms with Crippen LogP contribution in [0.15, 0.2) is 42.5 Å². The molecule has 3 heteroatoms. The lowest BCUT2D eigenvalue weighted by molar-refractivity contribution is 0.0557. The molecule has 0 bridgehead atoms. The van der Waals surface area contributed by atoms with Gasteiger partial charge in [0.05, 0.1) is 4.88 Å². The van der Waals surface area contributed by atoms with E-state index in [4.69, 9.17) is 0 Å². The molecule has 0 nitrogen and oxygen atoms in total. The first kappa shape index (κ1) is 12.8. The Labute approximate surface area is 115 Å². The summed E-state index contributed by atoms with van der Waals surface area (Å²) in [6, 6.07) is 9.14. The second kappa shape index (κ2) is 5.04. The number of fused-ring (bicyclic) bond motifs is 1. The lowest BCUT2D eigenvalue weighted by Gasteiger charge is -2.10. The maximum atomic E-state index is 14.2. The first-order chi connectivity index (χ1) is 9.15. The summed E-state index contributed by atoms with van der Waals surface area (Å²) in [5, 5.41) is 0.899. The Kier molecular flexibility index (Phi) is 3.40. The molecule has 0 spiro atoms. The summed E-state index contributed by atoms with van der Waals surface area (Å²) in [6.07, 6.45) is 7.27. The van der Waals surface area contributed by atoms with Gasteiger partial charge in [-0.3, -0.25) is 0 Å². The molecule has 0 N–H and O–H groups in total. The summed E-state index contributed by atoms with van der Waals surface area (Å²) in [5.74, 6) is -2.49. The van der Waals surface area contributed by atoms with Gasteiger partial charge >= 0.3 is 5.92 Å². The highest BCUT2D eigenvalue weighted by molar-refractivity contribution is 7.19. The van der Waals surface area contributed by atoms with E-state index in [1.54, 1.807) is 12.1 Å². The van der Waals surface area contributed by atoms with Crippen molar-refractivity contribution in [1.82, 2.24) is 0 Å². The lowest BCUT2D eigenvalue weighted by atomic mass is 10.1. The van der Waals surface area contributed by atoms with E-state index >= 15 is 0 Å². The molecule has 0 saturated heterocycles. The van der Waals surface area contributed by atoms with Crippen molar-refractivity contribution in [2.45, 2.75) is 31.6 Å². The van der Waals surface area contributed by atoms with E-state index in [1.807, 2.05) is 24.3 Å². The Morgan fingerprint density at radius 1 is 1.16 bits per heavy atom. The first-order valence-corrected chi connectivity index (χ1v) is 7.53. The molecule has 19 heavy (non-hydrogen) atoms. The van der Waals surface area contributed by atoms with Crippen molar-refractivity contribution in [3.8, 4) is 0 Å². The van der Waals surface area contributed by atoms with Gasteiger partial charge < -0.3 is 0 Å². The van der Waals surface area contributed by atoms with Crippen LogP contribution in [0.2, 0.25) is 0 Å². The van der Waals surface area contributed by atoms with Crippen LogP contribution in [0, 0.1) is 5.92 Å². The van der Waals surface area contributed by atoms with Crippen molar-refractivity contribution in [3.05, 3.63) is 47.4 Å². The van der Waals surface area contributed by atoms with Gasteiger partial charge in [-0.05, 0) is 42.4 Å². The largest absolute Gasteiger partial charge is 0.300 e. The van der Waals surface area contributed by atoms with Gasteiger partial charge in [-0.2, -0.15) is 8.78 Å². The topological polar surface area (TPSA) is 0 Å². The van der Waals surface area contributed by atoms with E-state index in [0.717, 1.165) is 29.0 Å². The Bertz CT molecular complexity index is 559. The van der Waals surface area contributed by atoms with Crippen LogP contribution in [-0.2, 0) is 5.92 Å². The second-order valence-electron chi connectivity index (χ2n) is 5.18. The maximum Gasteiger partial charge on any atom is 0.300 e. The van der Waals surface area contributed by atoms with E-state index in [0.29, 0.717) is 5.92 Å². The summed E-state index contributed by atoms with van der Waals surface area (Å²) in [4.78, 5) is 0.142. The van der Waals surface area contributed by atoms with Crippen LogP contribution in [0.25, 0.3) is 10.1 Å². The predicted molar refractivity (Wildman–Crippen MR) is 76.8 cm³/mol. The van der Waals surface area contributed by atoms with E-state index < -0.39 is 5.92 Å². The molecule has 1 heterocycles. The van der Waals surface area contributed by atoms with E-state index in [-0.39, 0.29) is 4.88 Å². The smallest absolute Gasteiger partial charge is 0.196 e. The van der Waals surface area contributed by atoms with Gasteiger partial charge in [0.25, 0.3) is 0 Å². The van der Waals surface area contributed by atoms with Crippen LogP contribution in [0.5, 0.6) is 0 Å². The molecule has 2 aromatic rings. The van der Waals surface area contributed by atoms with Gasteiger partial charge in [0.1, 0.15) is 0 Å². The molecule has 100 valence electrons. The minimum atomic E-state index is -2.84. The molecule has 1 aliphatic carbocycles. The third-order valence-electron chi connectivity index (χ3n) is 3.73. The highest BCUT2D eigenvalue weighted by Crippen LogP contribution is 2.39. The molecular formula is C16H16F2S. The van der Waals surface area contributed by atoms with Gasteiger partial charge in [-0.25, -0.2) is 0 Å². The minimum absolute atomic E-state index is 0.142. The van der Waals surface area contributed by atoms with E-state index in [9.17, 15) is 8.78 Å². The average molecular weight is 278 g/mol. The fourth-order valence-corrected chi connectivity index (χ4v) is 3.65. The summed E-state index contributed by atoms with van der Waals surface area (Å²) in [7, 11) is 0. The van der Waals surface area contributed by atoms with Crippen molar-refractivity contribution in [1.29, 1.82) is 0 Å². The number of thiophene rings is 1. The van der Waals surface area contributed by atoms with Gasteiger partial charge in [-0.15, -0.1) is 11.3 Å². The number of allylic oxidation sites excluding steroid dienone is 2. The number of halogens is 2. The first-order valence-electron chi connectivity index (χ1n) is 6.71. The SMILES string of the molecule is FC(F)(/C=C/C1CCCC1)c1cc2ccccc2s1. The van der Waals surface area contributed by atoms with Crippen LogP contribution in [-0.4, -0.2) is 0 Å². The number of hydrogen-bond donors (Lipinski definition) is 0. The molecule has 1 saturated carbocycles. The number of rotatable bonds is 3. The molecule has 0 unspecified atom stereocenters. The number of benzene rings is 1. The molecule has 1 aliphatic rings. The molecule has 0 radical (unpaired) electrons. The Morgan fingerprint density at radius 2 is 1.89 bits per heavy atom. The maximum absolute atomic E-state index is 14.2. The third kappa shape index (κ3) is 2.71. The molecule has 0 atom stereocenters. The summed E-state index contributed by atoms with van der Waals surface area (Å²) < 4.78 is 29.3. The van der Waals surface area contributed by atoms with Crippen LogP contribution in [0.1, 0.15) is 30.6 Å². The van der Waals surface area contributed by atoms with Crippen molar-refractivity contribution in [2.75, 3.05) is 0 Å². The average Bonchev–Trinajstić information content (AvgIpc) is 3.05. The molecule has 3 rings (SSSR count). The summed E-state index contributed by atoms with van der Waals surface area (Å²) in [6.45, 7) is 0. The highest BCUT2D eigenvalue weighted by Gasteiger charge is 2.30. The van der Waals surface area contributed by atoms with Crippen LogP contribution < -0.4 is 0 Å². The highest BCUT2D eigenvalue weighted by atomic mass is 32.1. The monoisotopic (exact) mass is 278 g/mol. The Balaban J connectivity index is 1.85. The molecule has 0 amide bonds. The molecule has 0 aliphatic heterocycles. The van der Waals surface area contributed by atoms with Crippen LogP contribution in [0.4, 0.5) is 8.78 Å². The zero-order chi connectivity index (χ0) is 13.3. The zero-order valence-corrected chi connectivity index (χ0v) is 11.4. The zero-order valence-electron chi connectivity index (χ0n) is 10.6. The summed E-state index contributed by atoms with van der Waals surface area (Å²) in [5.41, 5.74) is 0. The van der Waals surface area contributed by atoms with Crippen molar-refractivity contribution >= 4 is 21.4 Å². The lowest BCUT2D eigenvalue weighted by Crippen LogP contribution is -2.07. The minimum Gasteiger partial charge on any atom is -0.196 e. The van der Waals surface area contributed by atoms with Crippen molar-refractivity contribution < 1.29 is 8.78 Å². The number of hydrogen-bond acceptors (Lipinski definition) is 1.